The molecule has 1 aromatic carbocycles. The Hall–Kier alpha value is -1.53. The van der Waals surface area contributed by atoms with Gasteiger partial charge in [-0.2, -0.15) is 5.26 Å². The van der Waals surface area contributed by atoms with Crippen LogP contribution in [0, 0.1) is 22.7 Å². The molecular weight excluding hydrogens is 248 g/mol. The summed E-state index contributed by atoms with van der Waals surface area (Å²) in [6.45, 7) is 11.7. The monoisotopic (exact) mass is 274 g/mol. The first-order valence-corrected chi connectivity index (χ1v) is 7.21. The normalized spacial score (nSPS) is 13.1. The molecule has 1 unspecified atom stereocenters. The second kappa shape index (κ2) is 7.31. The van der Waals surface area contributed by atoms with Gasteiger partial charge in [-0.25, -0.2) is 0 Å². The van der Waals surface area contributed by atoms with Crippen LogP contribution in [-0.2, 0) is 0 Å². The van der Waals surface area contributed by atoms with Gasteiger partial charge in [-0.15, -0.1) is 0 Å². The summed E-state index contributed by atoms with van der Waals surface area (Å²) >= 11 is 0. The van der Waals surface area contributed by atoms with Gasteiger partial charge in [-0.3, -0.25) is 0 Å². The van der Waals surface area contributed by atoms with E-state index in [1.54, 1.807) is 0 Å². The van der Waals surface area contributed by atoms with E-state index < -0.39 is 0 Å². The number of nitrogens with zero attached hydrogens (tertiary/aromatic N) is 1. The fourth-order valence-electron chi connectivity index (χ4n) is 1.68. The molecule has 0 saturated carbocycles. The van der Waals surface area contributed by atoms with E-state index in [-0.39, 0.29) is 11.5 Å². The van der Waals surface area contributed by atoms with E-state index >= 15 is 0 Å². The van der Waals surface area contributed by atoms with Crippen molar-refractivity contribution < 1.29 is 4.74 Å². The lowest BCUT2D eigenvalue weighted by Crippen LogP contribution is -2.30. The van der Waals surface area contributed by atoms with Crippen molar-refractivity contribution in [2.75, 3.05) is 13.2 Å². The van der Waals surface area contributed by atoms with E-state index in [0.29, 0.717) is 12.5 Å². The molecule has 0 fully saturated rings. The van der Waals surface area contributed by atoms with Crippen molar-refractivity contribution in [2.45, 2.75) is 40.7 Å². The Bertz CT molecular complexity index is 443. The first kappa shape index (κ1) is 16.5. The third-order valence-corrected chi connectivity index (χ3v) is 3.12. The molecule has 0 spiro atoms. The first-order chi connectivity index (χ1) is 9.34. The van der Waals surface area contributed by atoms with Crippen LogP contribution in [0.5, 0.6) is 5.75 Å². The molecule has 0 radical (unpaired) electrons. The number of rotatable bonds is 7. The zero-order valence-corrected chi connectivity index (χ0v) is 13.2. The minimum absolute atomic E-state index is 0.224. The molecule has 0 bridgehead atoms. The molecule has 110 valence electrons. The van der Waals surface area contributed by atoms with Gasteiger partial charge < -0.3 is 10.1 Å². The van der Waals surface area contributed by atoms with E-state index in [1.165, 1.54) is 5.56 Å². The maximum atomic E-state index is 9.01. The summed E-state index contributed by atoms with van der Waals surface area (Å²) in [7, 11) is 0. The fourth-order valence-corrected chi connectivity index (χ4v) is 1.68. The third-order valence-electron chi connectivity index (χ3n) is 3.12. The number of hydrogen-bond acceptors (Lipinski definition) is 3. The molecule has 20 heavy (non-hydrogen) atoms. The van der Waals surface area contributed by atoms with Crippen LogP contribution >= 0.6 is 0 Å². The number of hydrogen-bond donors (Lipinski definition) is 1. The molecule has 1 N–H and O–H groups in total. The third kappa shape index (κ3) is 5.63. The summed E-state index contributed by atoms with van der Waals surface area (Å²) in [5.41, 5.74) is 0.866. The van der Waals surface area contributed by atoms with Crippen molar-refractivity contribution in [3.63, 3.8) is 0 Å². The number of ether oxygens (including phenoxy) is 1. The van der Waals surface area contributed by atoms with Gasteiger partial charge in [0.15, 0.2) is 0 Å². The summed E-state index contributed by atoms with van der Waals surface area (Å²) in [6.07, 6.45) is 0. The summed E-state index contributed by atoms with van der Waals surface area (Å²) in [6, 6.07) is 10.7. The molecular formula is C17H26N2O. The Kier molecular flexibility index (Phi) is 6.04. The molecule has 0 saturated heterocycles. The van der Waals surface area contributed by atoms with E-state index in [0.717, 1.165) is 12.4 Å². The smallest absolute Gasteiger partial charge is 0.119 e. The predicted octanol–water partition coefficient (Wildman–Crippen LogP) is 3.92. The molecule has 3 heteroatoms. The Morgan fingerprint density at radius 3 is 2.30 bits per heavy atom. The number of nitrogens with one attached hydrogen (secondary N) is 1. The van der Waals surface area contributed by atoms with E-state index in [9.17, 15) is 0 Å². The van der Waals surface area contributed by atoms with Crippen molar-refractivity contribution in [2.24, 2.45) is 11.3 Å². The highest BCUT2D eigenvalue weighted by Crippen LogP contribution is 2.20. The van der Waals surface area contributed by atoms with Gasteiger partial charge in [0, 0.05) is 12.6 Å². The number of benzene rings is 1. The second-order valence-electron chi connectivity index (χ2n) is 6.37. The van der Waals surface area contributed by atoms with Crippen LogP contribution in [0.4, 0.5) is 0 Å². The molecule has 1 atom stereocenters. The highest BCUT2D eigenvalue weighted by Gasteiger charge is 2.17. The van der Waals surface area contributed by atoms with Crippen molar-refractivity contribution >= 4 is 0 Å². The summed E-state index contributed by atoms with van der Waals surface area (Å²) in [4.78, 5) is 0. The van der Waals surface area contributed by atoms with Crippen LogP contribution in [0.3, 0.4) is 0 Å². The van der Waals surface area contributed by atoms with Crippen molar-refractivity contribution in [1.82, 2.24) is 5.32 Å². The lowest BCUT2D eigenvalue weighted by atomic mass is 9.95. The molecule has 1 rings (SSSR count). The Morgan fingerprint density at radius 2 is 1.80 bits per heavy atom. The zero-order chi connectivity index (χ0) is 15.2. The van der Waals surface area contributed by atoms with Gasteiger partial charge >= 0.3 is 0 Å². The minimum atomic E-state index is -0.339. The fraction of sp³-hybridized carbons (Fsp3) is 0.588. The van der Waals surface area contributed by atoms with Crippen molar-refractivity contribution in [1.29, 1.82) is 5.26 Å². The quantitative estimate of drug-likeness (QED) is 0.819. The molecule has 3 nitrogen and oxygen atoms in total. The average molecular weight is 274 g/mol. The zero-order valence-electron chi connectivity index (χ0n) is 13.2. The largest absolute Gasteiger partial charge is 0.493 e. The highest BCUT2D eigenvalue weighted by atomic mass is 16.5. The Balaban J connectivity index is 2.53. The summed E-state index contributed by atoms with van der Waals surface area (Å²) < 4.78 is 5.67. The number of nitriles is 1. The minimum Gasteiger partial charge on any atom is -0.493 e. The first-order valence-electron chi connectivity index (χ1n) is 7.21. The molecule has 1 aromatic rings. The van der Waals surface area contributed by atoms with Crippen LogP contribution in [0.2, 0.25) is 0 Å². The van der Waals surface area contributed by atoms with Gasteiger partial charge in [0.2, 0.25) is 0 Å². The predicted molar refractivity (Wildman–Crippen MR) is 82.6 cm³/mol. The summed E-state index contributed by atoms with van der Waals surface area (Å²) in [5, 5.41) is 12.4. The summed E-state index contributed by atoms with van der Waals surface area (Å²) in [5.74, 6) is 1.44. The van der Waals surface area contributed by atoms with E-state index in [4.69, 9.17) is 10.00 Å². The van der Waals surface area contributed by atoms with Crippen LogP contribution < -0.4 is 10.1 Å². The maximum Gasteiger partial charge on any atom is 0.119 e. The van der Waals surface area contributed by atoms with Crippen molar-refractivity contribution in [3.05, 3.63) is 29.8 Å². The molecule has 0 heterocycles. The average Bonchev–Trinajstić information content (AvgIpc) is 2.43. The maximum absolute atomic E-state index is 9.01. The van der Waals surface area contributed by atoms with Crippen LogP contribution in [0.15, 0.2) is 24.3 Å². The van der Waals surface area contributed by atoms with E-state index in [2.05, 4.69) is 44.3 Å². The van der Waals surface area contributed by atoms with Gasteiger partial charge in [0.1, 0.15) is 5.75 Å². The van der Waals surface area contributed by atoms with Gasteiger partial charge in [-0.05, 0) is 44.4 Å². The lowest BCUT2D eigenvalue weighted by Gasteiger charge is -2.21. The SMILES string of the molecule is CC(C)COc1ccc(C(C)NCC(C)(C)C#N)cc1. The molecule has 0 aromatic heterocycles. The van der Waals surface area contributed by atoms with Gasteiger partial charge in [-0.1, -0.05) is 26.0 Å². The van der Waals surface area contributed by atoms with Crippen molar-refractivity contribution in [3.8, 4) is 11.8 Å². The van der Waals surface area contributed by atoms with E-state index in [1.807, 2.05) is 26.0 Å². The Morgan fingerprint density at radius 1 is 1.20 bits per heavy atom. The van der Waals surface area contributed by atoms with Crippen LogP contribution in [0.1, 0.15) is 46.2 Å². The standard InChI is InChI=1S/C17H26N2O/c1-13(2)10-20-16-8-6-15(7-9-16)14(3)19-12-17(4,5)11-18/h6-9,13-14,19H,10,12H2,1-5H3. The lowest BCUT2D eigenvalue weighted by molar-refractivity contribution is 0.271. The van der Waals surface area contributed by atoms with Gasteiger partial charge in [0.25, 0.3) is 0 Å². The molecule has 0 amide bonds. The molecule has 0 aliphatic rings. The van der Waals surface area contributed by atoms with Crippen LogP contribution in [-0.4, -0.2) is 13.2 Å². The van der Waals surface area contributed by atoms with Gasteiger partial charge in [0.05, 0.1) is 18.1 Å². The highest BCUT2D eigenvalue weighted by molar-refractivity contribution is 5.29. The topological polar surface area (TPSA) is 45.0 Å². The Labute approximate surface area is 123 Å². The molecule has 0 aliphatic carbocycles. The van der Waals surface area contributed by atoms with Crippen LogP contribution in [0.25, 0.3) is 0 Å². The second-order valence-corrected chi connectivity index (χ2v) is 6.37. The molecule has 0 aliphatic heterocycles.